The molecular weight excluding hydrogens is 192 g/mol. The van der Waals surface area contributed by atoms with Gasteiger partial charge in [-0.25, -0.2) is 0 Å². The number of halogens is 1. The van der Waals surface area contributed by atoms with Crippen LogP contribution in [0.25, 0.3) is 0 Å². The first-order valence-electron chi connectivity index (χ1n) is 4.01. The average molecular weight is 207 g/mol. The second kappa shape index (κ2) is 4.35. The molecule has 60 valence electrons. The zero-order valence-electron chi connectivity index (χ0n) is 6.48. The number of alkyl halides is 1. The minimum absolute atomic E-state index is 0.461. The Hall–Kier alpha value is 0.440. The standard InChI is InChI=1S/C8H15BrO/c1-10-8-6-4-2-3-5-7(8)9/h7-8H,2-6H2,1H3/t7-,8-/m1/s1. The highest BCUT2D eigenvalue weighted by molar-refractivity contribution is 9.09. The summed E-state index contributed by atoms with van der Waals surface area (Å²) in [4.78, 5) is 0.597. The van der Waals surface area contributed by atoms with Crippen LogP contribution in [0.15, 0.2) is 0 Å². The first-order chi connectivity index (χ1) is 4.84. The third-order valence-corrected chi connectivity index (χ3v) is 3.22. The van der Waals surface area contributed by atoms with Crippen molar-refractivity contribution in [3.05, 3.63) is 0 Å². The van der Waals surface area contributed by atoms with Crippen LogP contribution in [0.1, 0.15) is 32.1 Å². The molecule has 0 aromatic carbocycles. The molecule has 10 heavy (non-hydrogen) atoms. The molecule has 0 amide bonds. The van der Waals surface area contributed by atoms with E-state index in [9.17, 15) is 0 Å². The maximum atomic E-state index is 5.34. The summed E-state index contributed by atoms with van der Waals surface area (Å²) in [5, 5.41) is 0. The summed E-state index contributed by atoms with van der Waals surface area (Å²) in [6.07, 6.45) is 7.03. The van der Waals surface area contributed by atoms with Crippen molar-refractivity contribution < 1.29 is 4.74 Å². The van der Waals surface area contributed by atoms with Gasteiger partial charge in [-0.3, -0.25) is 0 Å². The lowest BCUT2D eigenvalue weighted by atomic mass is 10.1. The summed E-state index contributed by atoms with van der Waals surface area (Å²) in [5.41, 5.74) is 0. The first-order valence-corrected chi connectivity index (χ1v) is 4.93. The molecule has 1 saturated carbocycles. The van der Waals surface area contributed by atoms with Gasteiger partial charge in [0, 0.05) is 11.9 Å². The molecule has 0 N–H and O–H groups in total. The highest BCUT2D eigenvalue weighted by Gasteiger charge is 2.19. The van der Waals surface area contributed by atoms with Gasteiger partial charge in [0.1, 0.15) is 0 Å². The molecule has 2 heteroatoms. The van der Waals surface area contributed by atoms with Gasteiger partial charge in [0.2, 0.25) is 0 Å². The molecule has 1 nitrogen and oxygen atoms in total. The number of hydrogen-bond donors (Lipinski definition) is 0. The molecular formula is C8H15BrO. The van der Waals surface area contributed by atoms with E-state index >= 15 is 0 Å². The molecule has 0 heterocycles. The second-order valence-corrected chi connectivity index (χ2v) is 4.10. The molecule has 0 unspecified atom stereocenters. The Labute approximate surface area is 71.3 Å². The van der Waals surface area contributed by atoms with Crippen molar-refractivity contribution in [1.82, 2.24) is 0 Å². The molecule has 0 radical (unpaired) electrons. The Bertz CT molecular complexity index is 95.3. The second-order valence-electron chi connectivity index (χ2n) is 2.93. The highest BCUT2D eigenvalue weighted by Crippen LogP contribution is 2.25. The van der Waals surface area contributed by atoms with Crippen molar-refractivity contribution in [1.29, 1.82) is 0 Å². The van der Waals surface area contributed by atoms with E-state index in [4.69, 9.17) is 4.74 Å². The fourth-order valence-corrected chi connectivity index (χ4v) is 2.30. The number of methoxy groups -OCH3 is 1. The Morgan fingerprint density at radius 2 is 1.90 bits per heavy atom. The van der Waals surface area contributed by atoms with E-state index in [-0.39, 0.29) is 0 Å². The molecule has 1 aliphatic rings. The van der Waals surface area contributed by atoms with Crippen LogP contribution >= 0.6 is 15.9 Å². The zero-order valence-corrected chi connectivity index (χ0v) is 8.06. The number of hydrogen-bond acceptors (Lipinski definition) is 1. The molecule has 1 rings (SSSR count). The lowest BCUT2D eigenvalue weighted by Gasteiger charge is -2.17. The molecule has 1 fully saturated rings. The number of rotatable bonds is 1. The van der Waals surface area contributed by atoms with E-state index < -0.39 is 0 Å². The summed E-state index contributed by atoms with van der Waals surface area (Å²) < 4.78 is 5.34. The monoisotopic (exact) mass is 206 g/mol. The summed E-state index contributed by atoms with van der Waals surface area (Å²) in [5.74, 6) is 0. The Morgan fingerprint density at radius 1 is 1.20 bits per heavy atom. The lowest BCUT2D eigenvalue weighted by molar-refractivity contribution is 0.0962. The fraction of sp³-hybridized carbons (Fsp3) is 1.00. The largest absolute Gasteiger partial charge is 0.380 e. The predicted molar refractivity (Wildman–Crippen MR) is 46.6 cm³/mol. The Morgan fingerprint density at radius 3 is 2.60 bits per heavy atom. The van der Waals surface area contributed by atoms with Crippen LogP contribution in [0, 0.1) is 0 Å². The summed E-state index contributed by atoms with van der Waals surface area (Å²) >= 11 is 3.64. The first kappa shape index (κ1) is 8.54. The molecule has 0 aliphatic heterocycles. The van der Waals surface area contributed by atoms with E-state index in [1.54, 1.807) is 0 Å². The maximum absolute atomic E-state index is 5.34. The minimum atomic E-state index is 0.461. The van der Waals surface area contributed by atoms with Crippen LogP contribution in [0.5, 0.6) is 0 Å². The molecule has 2 atom stereocenters. The molecule has 0 saturated heterocycles. The van der Waals surface area contributed by atoms with Crippen LogP contribution in [0.4, 0.5) is 0 Å². The van der Waals surface area contributed by atoms with E-state index in [0.29, 0.717) is 10.9 Å². The molecule has 0 aromatic rings. The van der Waals surface area contributed by atoms with Gasteiger partial charge in [0.15, 0.2) is 0 Å². The average Bonchev–Trinajstić information content (AvgIpc) is 2.13. The molecule has 0 spiro atoms. The van der Waals surface area contributed by atoms with Gasteiger partial charge in [-0.15, -0.1) is 0 Å². The highest BCUT2D eigenvalue weighted by atomic mass is 79.9. The predicted octanol–water partition coefficient (Wildman–Crippen LogP) is 2.73. The summed E-state index contributed by atoms with van der Waals surface area (Å²) in [7, 11) is 1.81. The van der Waals surface area contributed by atoms with Crippen LogP contribution in [-0.4, -0.2) is 18.0 Å². The zero-order chi connectivity index (χ0) is 7.40. The number of ether oxygens (including phenoxy) is 1. The third-order valence-electron chi connectivity index (χ3n) is 2.17. The van der Waals surface area contributed by atoms with Crippen molar-refractivity contribution in [2.75, 3.05) is 7.11 Å². The maximum Gasteiger partial charge on any atom is 0.0696 e. The van der Waals surface area contributed by atoms with Crippen LogP contribution < -0.4 is 0 Å². The fourth-order valence-electron chi connectivity index (χ4n) is 1.49. The van der Waals surface area contributed by atoms with E-state index in [1.807, 2.05) is 7.11 Å². The minimum Gasteiger partial charge on any atom is -0.380 e. The van der Waals surface area contributed by atoms with Crippen molar-refractivity contribution in [2.24, 2.45) is 0 Å². The van der Waals surface area contributed by atoms with Crippen LogP contribution in [0.2, 0.25) is 0 Å². The summed E-state index contributed by atoms with van der Waals surface area (Å²) in [6, 6.07) is 0. The topological polar surface area (TPSA) is 9.23 Å². The van der Waals surface area contributed by atoms with Crippen molar-refractivity contribution in [2.45, 2.75) is 43.0 Å². The van der Waals surface area contributed by atoms with Crippen LogP contribution in [-0.2, 0) is 4.74 Å². The van der Waals surface area contributed by atoms with Gasteiger partial charge >= 0.3 is 0 Å². The van der Waals surface area contributed by atoms with E-state index in [1.165, 1.54) is 32.1 Å². The van der Waals surface area contributed by atoms with Crippen molar-refractivity contribution >= 4 is 15.9 Å². The molecule has 0 aromatic heterocycles. The Balaban J connectivity index is 2.35. The molecule has 1 aliphatic carbocycles. The van der Waals surface area contributed by atoms with Gasteiger partial charge < -0.3 is 4.74 Å². The van der Waals surface area contributed by atoms with Crippen molar-refractivity contribution in [3.8, 4) is 0 Å². The smallest absolute Gasteiger partial charge is 0.0696 e. The van der Waals surface area contributed by atoms with Crippen molar-refractivity contribution in [3.63, 3.8) is 0 Å². The third kappa shape index (κ3) is 2.24. The quantitative estimate of drug-likeness (QED) is 0.474. The van der Waals surface area contributed by atoms with Gasteiger partial charge in [0.25, 0.3) is 0 Å². The Kier molecular flexibility index (Phi) is 3.71. The SMILES string of the molecule is CO[C@@H]1CCCCC[C@H]1Br. The van der Waals surface area contributed by atoms with Gasteiger partial charge in [-0.1, -0.05) is 35.2 Å². The van der Waals surface area contributed by atoms with Crippen LogP contribution in [0.3, 0.4) is 0 Å². The molecule has 0 bridgehead atoms. The summed E-state index contributed by atoms with van der Waals surface area (Å²) in [6.45, 7) is 0. The normalized spacial score (nSPS) is 35.4. The lowest BCUT2D eigenvalue weighted by Crippen LogP contribution is -2.20. The van der Waals surface area contributed by atoms with E-state index in [0.717, 1.165) is 0 Å². The van der Waals surface area contributed by atoms with Gasteiger partial charge in [-0.05, 0) is 12.8 Å². The van der Waals surface area contributed by atoms with E-state index in [2.05, 4.69) is 15.9 Å². The van der Waals surface area contributed by atoms with Gasteiger partial charge in [-0.2, -0.15) is 0 Å². The van der Waals surface area contributed by atoms with Gasteiger partial charge in [0.05, 0.1) is 6.10 Å².